The number of carboxylic acids is 1. The van der Waals surface area contributed by atoms with E-state index in [1.807, 2.05) is 6.92 Å². The Kier molecular flexibility index (Phi) is 5.19. The number of aromatic carboxylic acids is 1. The molecule has 4 N–H and O–H groups in total. The average Bonchev–Trinajstić information content (AvgIpc) is 3.07. The first-order valence-electron chi connectivity index (χ1n) is 7.74. The Morgan fingerprint density at radius 1 is 1.41 bits per heavy atom. The third-order valence-corrected chi connectivity index (χ3v) is 7.38. The Morgan fingerprint density at radius 2 is 2.15 bits per heavy atom. The van der Waals surface area contributed by atoms with Crippen LogP contribution >= 0.6 is 23.1 Å². The number of hydrogen-bond donors (Lipinski definition) is 3. The Balaban J connectivity index is 1.99. The van der Waals surface area contributed by atoms with Crippen LogP contribution in [0.4, 0.5) is 10.1 Å². The Morgan fingerprint density at radius 3 is 2.81 bits per heavy atom. The molecule has 2 aromatic rings. The lowest BCUT2D eigenvalue weighted by molar-refractivity contribution is 0.0698. The number of amidine groups is 1. The molecule has 0 saturated heterocycles. The van der Waals surface area contributed by atoms with Gasteiger partial charge in [0.1, 0.15) is 15.6 Å². The van der Waals surface area contributed by atoms with Gasteiger partial charge in [0.05, 0.1) is 11.2 Å². The Bertz CT molecular complexity index is 1040. The lowest BCUT2D eigenvalue weighted by Crippen LogP contribution is -2.29. The molecule has 1 aliphatic heterocycles. The van der Waals surface area contributed by atoms with E-state index in [0.717, 1.165) is 23.2 Å². The number of nitrogens with zero attached hydrogens (tertiary/aromatic N) is 1. The molecule has 11 heteroatoms. The number of sulfonamides is 1. The van der Waals surface area contributed by atoms with Crippen molar-refractivity contribution < 1.29 is 22.7 Å². The number of aliphatic imine (C=N–C) groups is 1. The summed E-state index contributed by atoms with van der Waals surface area (Å²) < 4.78 is 41.6. The molecule has 7 nitrogen and oxygen atoms in total. The summed E-state index contributed by atoms with van der Waals surface area (Å²) in [5.74, 6) is -1.40. The molecular weight excluding hydrogens is 413 g/mol. The van der Waals surface area contributed by atoms with Gasteiger partial charge < -0.3 is 10.8 Å². The van der Waals surface area contributed by atoms with E-state index in [4.69, 9.17) is 10.8 Å². The van der Waals surface area contributed by atoms with E-state index in [9.17, 15) is 17.6 Å². The topological polar surface area (TPSA) is 122 Å². The number of nitrogens with two attached hydrogens (primary N) is 1. The first-order chi connectivity index (χ1) is 12.6. The lowest BCUT2D eigenvalue weighted by atomic mass is 9.89. The number of nitrogens with one attached hydrogen (secondary N) is 1. The standard InChI is InChI=1S/C16H16FN3O4S3/c1-16(5-7-26-15(18)19-16)9-2-3-10(17)11(8-9)20-27(23,24)12-4-6-25-13(12)14(21)22/h2-4,6,8,20H,5,7H2,1H3,(H2,18,19)(H,21,22). The molecule has 144 valence electrons. The largest absolute Gasteiger partial charge is 0.477 e. The lowest BCUT2D eigenvalue weighted by Gasteiger charge is -2.30. The van der Waals surface area contributed by atoms with Crippen LogP contribution in [0.25, 0.3) is 0 Å². The summed E-state index contributed by atoms with van der Waals surface area (Å²) >= 11 is 2.20. The first kappa shape index (κ1) is 19.6. The van der Waals surface area contributed by atoms with Crippen LogP contribution in [0.5, 0.6) is 0 Å². The molecule has 0 bridgehead atoms. The van der Waals surface area contributed by atoms with Gasteiger partial charge in [-0.15, -0.1) is 11.3 Å². The molecule has 0 saturated carbocycles. The molecule has 1 aromatic carbocycles. The second-order valence-corrected chi connectivity index (χ2v) is 9.72. The summed E-state index contributed by atoms with van der Waals surface area (Å²) in [6, 6.07) is 5.22. The second-order valence-electron chi connectivity index (χ2n) is 6.04. The van der Waals surface area contributed by atoms with Crippen molar-refractivity contribution in [1.29, 1.82) is 0 Å². The van der Waals surface area contributed by atoms with Gasteiger partial charge in [-0.2, -0.15) is 0 Å². The van der Waals surface area contributed by atoms with E-state index < -0.39 is 32.2 Å². The minimum absolute atomic E-state index is 0.275. The van der Waals surface area contributed by atoms with E-state index in [1.165, 1.54) is 35.3 Å². The maximum absolute atomic E-state index is 14.3. The number of carbonyl (C=O) groups is 1. The highest BCUT2D eigenvalue weighted by Crippen LogP contribution is 2.37. The summed E-state index contributed by atoms with van der Waals surface area (Å²) in [5, 5.41) is 10.9. The maximum Gasteiger partial charge on any atom is 0.347 e. The predicted octanol–water partition coefficient (Wildman–Crippen LogP) is 3.05. The SMILES string of the molecule is CC1(c2ccc(F)c(NS(=O)(=O)c3ccsc3C(=O)O)c2)CCSC(N)=N1. The molecule has 0 fully saturated rings. The van der Waals surface area contributed by atoms with E-state index in [0.29, 0.717) is 17.2 Å². The number of hydrogen-bond acceptors (Lipinski definition) is 7. The Labute approximate surface area is 163 Å². The fraction of sp³-hybridized carbons (Fsp3) is 0.250. The third kappa shape index (κ3) is 3.94. The van der Waals surface area contributed by atoms with Crippen molar-refractivity contribution in [2.75, 3.05) is 10.5 Å². The summed E-state index contributed by atoms with van der Waals surface area (Å²) in [4.78, 5) is 14.9. The number of anilines is 1. The number of halogens is 1. The zero-order chi connectivity index (χ0) is 19.8. The normalized spacial score (nSPS) is 20.1. The van der Waals surface area contributed by atoms with Gasteiger partial charge >= 0.3 is 5.97 Å². The van der Waals surface area contributed by atoms with Crippen molar-refractivity contribution in [2.24, 2.45) is 10.7 Å². The molecular formula is C16H16FN3O4S3. The van der Waals surface area contributed by atoms with Crippen molar-refractivity contribution in [3.05, 3.63) is 45.9 Å². The van der Waals surface area contributed by atoms with Crippen LogP contribution in [0.15, 0.2) is 39.5 Å². The van der Waals surface area contributed by atoms with Gasteiger partial charge in [-0.05, 0) is 42.5 Å². The van der Waals surface area contributed by atoms with Crippen molar-refractivity contribution >= 4 is 49.9 Å². The van der Waals surface area contributed by atoms with Gasteiger partial charge in [-0.25, -0.2) is 17.6 Å². The summed E-state index contributed by atoms with van der Waals surface area (Å²) in [5.41, 5.74) is 5.43. The second kappa shape index (κ2) is 7.13. The van der Waals surface area contributed by atoms with Crippen LogP contribution in [-0.4, -0.2) is 30.4 Å². The molecule has 2 heterocycles. The minimum atomic E-state index is -4.27. The number of carboxylic acid groups (broad SMARTS) is 1. The first-order valence-corrected chi connectivity index (χ1v) is 11.1. The van der Waals surface area contributed by atoms with E-state index in [-0.39, 0.29) is 10.6 Å². The number of thiophene rings is 1. The monoisotopic (exact) mass is 429 g/mol. The van der Waals surface area contributed by atoms with Crippen LogP contribution in [0.1, 0.15) is 28.6 Å². The van der Waals surface area contributed by atoms with E-state index in [1.54, 1.807) is 0 Å². The third-order valence-electron chi connectivity index (χ3n) is 4.14. The van der Waals surface area contributed by atoms with Gasteiger partial charge in [0.25, 0.3) is 10.0 Å². The molecule has 0 spiro atoms. The maximum atomic E-state index is 14.3. The van der Waals surface area contributed by atoms with Gasteiger partial charge in [-0.1, -0.05) is 17.8 Å². The summed E-state index contributed by atoms with van der Waals surface area (Å²) in [6.07, 6.45) is 0.657. The molecule has 1 aliphatic rings. The Hall–Kier alpha value is -2.11. The number of benzene rings is 1. The van der Waals surface area contributed by atoms with Crippen molar-refractivity contribution in [1.82, 2.24) is 0 Å². The minimum Gasteiger partial charge on any atom is -0.477 e. The van der Waals surface area contributed by atoms with Gasteiger partial charge in [-0.3, -0.25) is 9.71 Å². The zero-order valence-electron chi connectivity index (χ0n) is 14.1. The van der Waals surface area contributed by atoms with E-state index in [2.05, 4.69) is 9.71 Å². The summed E-state index contributed by atoms with van der Waals surface area (Å²) in [6.45, 7) is 1.84. The molecule has 1 atom stereocenters. The van der Waals surface area contributed by atoms with E-state index >= 15 is 0 Å². The van der Waals surface area contributed by atoms with Gasteiger partial charge in [0.15, 0.2) is 5.17 Å². The predicted molar refractivity (Wildman–Crippen MR) is 105 cm³/mol. The number of rotatable bonds is 5. The van der Waals surface area contributed by atoms with Gasteiger partial charge in [0.2, 0.25) is 0 Å². The fourth-order valence-electron chi connectivity index (χ4n) is 2.70. The molecule has 0 amide bonds. The molecule has 27 heavy (non-hydrogen) atoms. The number of thioether (sulfide) groups is 1. The average molecular weight is 430 g/mol. The van der Waals surface area contributed by atoms with Crippen molar-refractivity contribution in [3.8, 4) is 0 Å². The quantitative estimate of drug-likeness (QED) is 0.671. The molecule has 3 rings (SSSR count). The van der Waals surface area contributed by atoms with Gasteiger partial charge in [0, 0.05) is 5.75 Å². The highest BCUT2D eigenvalue weighted by molar-refractivity contribution is 8.13. The molecule has 1 unspecified atom stereocenters. The molecule has 0 radical (unpaired) electrons. The fourth-order valence-corrected chi connectivity index (χ4v) is 5.99. The summed E-state index contributed by atoms with van der Waals surface area (Å²) in [7, 11) is -4.27. The van der Waals surface area contributed by atoms with Crippen molar-refractivity contribution in [3.63, 3.8) is 0 Å². The van der Waals surface area contributed by atoms with Crippen molar-refractivity contribution in [2.45, 2.75) is 23.8 Å². The van der Waals surface area contributed by atoms with Crippen LogP contribution < -0.4 is 10.5 Å². The molecule has 0 aliphatic carbocycles. The zero-order valence-corrected chi connectivity index (χ0v) is 16.5. The van der Waals surface area contributed by atoms with Crippen LogP contribution in [0.3, 0.4) is 0 Å². The van der Waals surface area contributed by atoms with Crippen LogP contribution in [-0.2, 0) is 15.6 Å². The molecule has 1 aromatic heterocycles. The highest BCUT2D eigenvalue weighted by atomic mass is 32.2. The van der Waals surface area contributed by atoms with Crippen LogP contribution in [0.2, 0.25) is 0 Å². The van der Waals surface area contributed by atoms with Crippen LogP contribution in [0, 0.1) is 5.82 Å². The highest BCUT2D eigenvalue weighted by Gasteiger charge is 2.31. The smallest absolute Gasteiger partial charge is 0.347 e.